The van der Waals surface area contributed by atoms with Crippen LogP contribution < -0.4 is 5.32 Å². The zero-order valence-electron chi connectivity index (χ0n) is 8.29. The van der Waals surface area contributed by atoms with Crippen LogP contribution in [0.2, 0.25) is 0 Å². The second-order valence-electron chi connectivity index (χ2n) is 4.04. The lowest BCUT2D eigenvalue weighted by Gasteiger charge is -2.42. The summed E-state index contributed by atoms with van der Waals surface area (Å²) in [4.78, 5) is 16.0. The van der Waals surface area contributed by atoms with Crippen LogP contribution in [0, 0.1) is 0 Å². The summed E-state index contributed by atoms with van der Waals surface area (Å²) in [6.07, 6.45) is 0.968. The van der Waals surface area contributed by atoms with Crippen LogP contribution in [-0.2, 0) is 4.79 Å². The fraction of sp³-hybridized carbons (Fsp3) is 0.889. The highest BCUT2D eigenvalue weighted by Crippen LogP contribution is 2.19. The van der Waals surface area contributed by atoms with Crippen LogP contribution in [0.3, 0.4) is 0 Å². The van der Waals surface area contributed by atoms with E-state index in [1.54, 1.807) is 0 Å². The van der Waals surface area contributed by atoms with Gasteiger partial charge in [0.2, 0.25) is 5.91 Å². The number of likely N-dealkylation sites (tertiary alicyclic amines) is 2. The highest BCUT2D eigenvalue weighted by atomic mass is 16.2. The van der Waals surface area contributed by atoms with Crippen molar-refractivity contribution in [3.05, 3.63) is 0 Å². The molecule has 13 heavy (non-hydrogen) atoms. The fourth-order valence-corrected chi connectivity index (χ4v) is 2.20. The van der Waals surface area contributed by atoms with E-state index in [-0.39, 0.29) is 6.04 Å². The molecule has 4 nitrogen and oxygen atoms in total. The molecule has 2 aliphatic heterocycles. The minimum Gasteiger partial charge on any atom is -0.336 e. The molecule has 0 aliphatic carbocycles. The molecule has 2 aliphatic rings. The van der Waals surface area contributed by atoms with Gasteiger partial charge in [0.15, 0.2) is 0 Å². The van der Waals surface area contributed by atoms with Crippen molar-refractivity contribution in [3.8, 4) is 0 Å². The quantitative estimate of drug-likeness (QED) is 0.604. The Morgan fingerprint density at radius 3 is 2.62 bits per heavy atom. The van der Waals surface area contributed by atoms with E-state index in [9.17, 15) is 4.79 Å². The van der Waals surface area contributed by atoms with Gasteiger partial charge in [0.1, 0.15) is 0 Å². The van der Waals surface area contributed by atoms with Crippen molar-refractivity contribution >= 4 is 5.91 Å². The molecule has 0 radical (unpaired) electrons. The smallest absolute Gasteiger partial charge is 0.240 e. The van der Waals surface area contributed by atoms with Gasteiger partial charge in [-0.05, 0) is 20.5 Å². The van der Waals surface area contributed by atoms with E-state index in [2.05, 4.69) is 17.3 Å². The second kappa shape index (κ2) is 3.27. The van der Waals surface area contributed by atoms with Crippen LogP contribution in [0.4, 0.5) is 0 Å². The Labute approximate surface area is 78.9 Å². The number of likely N-dealkylation sites (N-methyl/N-ethyl adjacent to an activating group) is 2. The minimum atomic E-state index is 0.0749. The lowest BCUT2D eigenvalue weighted by atomic mass is 10.1. The van der Waals surface area contributed by atoms with Crippen LogP contribution in [0.15, 0.2) is 0 Å². The summed E-state index contributed by atoms with van der Waals surface area (Å²) in [5.74, 6) is 0.292. The Hall–Kier alpha value is -0.610. The normalized spacial score (nSPS) is 31.1. The number of carbonyl (C=O) groups is 1. The van der Waals surface area contributed by atoms with Crippen molar-refractivity contribution in [2.75, 3.05) is 33.7 Å². The molecule has 2 heterocycles. The molecule has 2 rings (SSSR count). The summed E-state index contributed by atoms with van der Waals surface area (Å²) in [6, 6.07) is 0.557. The lowest BCUT2D eigenvalue weighted by molar-refractivity contribution is -0.134. The predicted molar refractivity (Wildman–Crippen MR) is 50.5 cm³/mol. The van der Waals surface area contributed by atoms with Gasteiger partial charge in [-0.1, -0.05) is 0 Å². The Balaban J connectivity index is 1.92. The van der Waals surface area contributed by atoms with Crippen LogP contribution >= 0.6 is 0 Å². The largest absolute Gasteiger partial charge is 0.336 e. The van der Waals surface area contributed by atoms with Crippen LogP contribution in [0.25, 0.3) is 0 Å². The molecule has 2 fully saturated rings. The molecular weight excluding hydrogens is 166 g/mol. The Kier molecular flexibility index (Phi) is 2.26. The Morgan fingerprint density at radius 1 is 1.46 bits per heavy atom. The van der Waals surface area contributed by atoms with Crippen molar-refractivity contribution in [2.24, 2.45) is 0 Å². The van der Waals surface area contributed by atoms with Crippen molar-refractivity contribution in [2.45, 2.75) is 18.5 Å². The third-order valence-electron chi connectivity index (χ3n) is 3.07. The summed E-state index contributed by atoms with van der Waals surface area (Å²) < 4.78 is 0. The summed E-state index contributed by atoms with van der Waals surface area (Å²) in [5, 5.41) is 3.05. The molecule has 1 amide bonds. The molecule has 0 spiro atoms. The summed E-state index contributed by atoms with van der Waals surface area (Å²) in [7, 11) is 3.95. The summed E-state index contributed by atoms with van der Waals surface area (Å²) in [5.41, 5.74) is 0. The van der Waals surface area contributed by atoms with Crippen LogP contribution in [0.1, 0.15) is 6.42 Å². The van der Waals surface area contributed by atoms with Crippen molar-refractivity contribution < 1.29 is 4.79 Å². The van der Waals surface area contributed by atoms with Gasteiger partial charge in [-0.15, -0.1) is 0 Å². The number of hydrogen-bond donors (Lipinski definition) is 1. The Morgan fingerprint density at radius 2 is 2.15 bits per heavy atom. The topological polar surface area (TPSA) is 35.6 Å². The van der Waals surface area contributed by atoms with E-state index < -0.39 is 0 Å². The van der Waals surface area contributed by atoms with Gasteiger partial charge >= 0.3 is 0 Å². The van der Waals surface area contributed by atoms with Gasteiger partial charge in [-0.2, -0.15) is 0 Å². The van der Waals surface area contributed by atoms with E-state index in [0.717, 1.165) is 26.1 Å². The molecule has 0 aromatic carbocycles. The maximum Gasteiger partial charge on any atom is 0.240 e. The molecule has 0 aromatic heterocycles. The first-order valence-corrected chi connectivity index (χ1v) is 4.88. The van der Waals surface area contributed by atoms with Crippen molar-refractivity contribution in [1.29, 1.82) is 0 Å². The zero-order chi connectivity index (χ0) is 9.42. The third-order valence-corrected chi connectivity index (χ3v) is 3.07. The van der Waals surface area contributed by atoms with Crippen molar-refractivity contribution in [1.82, 2.24) is 15.1 Å². The Bertz CT molecular complexity index is 213. The van der Waals surface area contributed by atoms with E-state index in [0.29, 0.717) is 11.9 Å². The SMILES string of the molecule is CNC1CCN(C2CN(C)C2)C1=O. The minimum absolute atomic E-state index is 0.0749. The van der Waals surface area contributed by atoms with E-state index in [4.69, 9.17) is 0 Å². The van der Waals surface area contributed by atoms with Crippen LogP contribution in [0.5, 0.6) is 0 Å². The molecule has 0 bridgehead atoms. The van der Waals surface area contributed by atoms with E-state index >= 15 is 0 Å². The summed E-state index contributed by atoms with van der Waals surface area (Å²) in [6.45, 7) is 3.02. The molecule has 2 saturated heterocycles. The highest BCUT2D eigenvalue weighted by molar-refractivity contribution is 5.84. The first-order chi connectivity index (χ1) is 6.22. The molecule has 4 heteroatoms. The average Bonchev–Trinajstić information content (AvgIpc) is 2.41. The molecule has 0 saturated carbocycles. The maximum atomic E-state index is 11.7. The first-order valence-electron chi connectivity index (χ1n) is 4.88. The first kappa shape index (κ1) is 8.97. The number of nitrogens with zero attached hydrogens (tertiary/aromatic N) is 2. The van der Waals surface area contributed by atoms with E-state index in [1.165, 1.54) is 0 Å². The number of carbonyl (C=O) groups excluding carboxylic acids is 1. The van der Waals surface area contributed by atoms with Crippen molar-refractivity contribution in [3.63, 3.8) is 0 Å². The van der Waals surface area contributed by atoms with Gasteiger partial charge in [0, 0.05) is 19.6 Å². The highest BCUT2D eigenvalue weighted by Gasteiger charge is 2.38. The fourth-order valence-electron chi connectivity index (χ4n) is 2.20. The zero-order valence-corrected chi connectivity index (χ0v) is 8.29. The summed E-state index contributed by atoms with van der Waals surface area (Å²) >= 11 is 0. The van der Waals surface area contributed by atoms with Gasteiger partial charge in [-0.25, -0.2) is 0 Å². The maximum absolute atomic E-state index is 11.7. The van der Waals surface area contributed by atoms with Gasteiger partial charge in [0.25, 0.3) is 0 Å². The predicted octanol–water partition coefficient (Wildman–Crippen LogP) is -0.879. The number of nitrogens with one attached hydrogen (secondary N) is 1. The molecule has 0 aromatic rings. The molecular formula is C9H17N3O. The van der Waals surface area contributed by atoms with Gasteiger partial charge < -0.3 is 15.1 Å². The van der Waals surface area contributed by atoms with E-state index in [1.807, 2.05) is 11.9 Å². The number of rotatable bonds is 2. The molecule has 1 unspecified atom stereocenters. The molecule has 74 valence electrons. The lowest BCUT2D eigenvalue weighted by Crippen LogP contribution is -2.58. The molecule has 1 atom stereocenters. The third kappa shape index (κ3) is 1.44. The number of hydrogen-bond acceptors (Lipinski definition) is 3. The average molecular weight is 183 g/mol. The van der Waals surface area contributed by atoms with Gasteiger partial charge in [0.05, 0.1) is 12.1 Å². The monoisotopic (exact) mass is 183 g/mol. The van der Waals surface area contributed by atoms with Gasteiger partial charge in [-0.3, -0.25) is 4.79 Å². The molecule has 1 N–H and O–H groups in total. The van der Waals surface area contributed by atoms with Crippen LogP contribution in [-0.4, -0.2) is 61.5 Å². The second-order valence-corrected chi connectivity index (χ2v) is 4.04. The standard InChI is InChI=1S/C9H17N3O/c1-10-8-3-4-12(9(8)13)7-5-11(2)6-7/h7-8,10H,3-6H2,1-2H3. The number of amides is 1.